The maximum Gasteiger partial charge on any atom is 0.235 e. The Kier molecular flexibility index (Phi) is 6.42. The van der Waals surface area contributed by atoms with Crippen LogP contribution >= 0.6 is 0 Å². The zero-order valence-electron chi connectivity index (χ0n) is 9.70. The Morgan fingerprint density at radius 1 is 1.47 bits per heavy atom. The summed E-state index contributed by atoms with van der Waals surface area (Å²) in [5.41, 5.74) is -0.840. The van der Waals surface area contributed by atoms with Crippen molar-refractivity contribution in [1.29, 1.82) is 0 Å². The minimum atomic E-state index is -1.14. The Balaban J connectivity index is 4.49. The van der Waals surface area contributed by atoms with Gasteiger partial charge in [0.1, 0.15) is 6.10 Å². The van der Waals surface area contributed by atoms with Crippen molar-refractivity contribution in [2.75, 3.05) is 21.3 Å². The molecule has 0 rings (SSSR count). The van der Waals surface area contributed by atoms with Crippen LogP contribution in [0, 0.1) is 0 Å². The van der Waals surface area contributed by atoms with Gasteiger partial charge in [0.25, 0.3) is 0 Å². The lowest BCUT2D eigenvalue weighted by molar-refractivity contribution is -0.206. The quantitative estimate of drug-likeness (QED) is 0.361. The molecule has 0 heterocycles. The molecule has 0 saturated carbocycles. The van der Waals surface area contributed by atoms with Crippen LogP contribution in [0.25, 0.3) is 0 Å². The van der Waals surface area contributed by atoms with Crippen LogP contribution in [0.3, 0.4) is 0 Å². The highest BCUT2D eigenvalue weighted by Gasteiger charge is 2.37. The molecule has 0 aromatic rings. The second kappa shape index (κ2) is 6.73. The van der Waals surface area contributed by atoms with E-state index in [0.29, 0.717) is 0 Å². The van der Waals surface area contributed by atoms with E-state index in [9.17, 15) is 4.79 Å². The third-order valence-corrected chi connectivity index (χ3v) is 4.53. The lowest BCUT2D eigenvalue weighted by atomic mass is 10.4. The molecule has 0 aromatic carbocycles. The Bertz CT molecular complexity index is 218. The Labute approximate surface area is 92.7 Å². The van der Waals surface area contributed by atoms with Gasteiger partial charge in [-0.05, 0) is 13.0 Å². The van der Waals surface area contributed by atoms with Gasteiger partial charge in [-0.3, -0.25) is 4.79 Å². The van der Waals surface area contributed by atoms with E-state index in [-0.39, 0.29) is 12.0 Å². The first-order chi connectivity index (χ1) is 7.06. The third-order valence-electron chi connectivity index (χ3n) is 2.36. The van der Waals surface area contributed by atoms with Gasteiger partial charge < -0.3 is 19.2 Å². The van der Waals surface area contributed by atoms with E-state index in [1.54, 1.807) is 7.11 Å². The number of carbonyl (C=O) groups is 1. The van der Waals surface area contributed by atoms with Crippen LogP contribution in [0.15, 0.2) is 12.7 Å². The van der Waals surface area contributed by atoms with Gasteiger partial charge in [-0.15, -0.1) is 0 Å². The molecule has 1 unspecified atom stereocenters. The monoisotopic (exact) mass is 233 g/mol. The fourth-order valence-corrected chi connectivity index (χ4v) is 2.47. The van der Waals surface area contributed by atoms with Crippen molar-refractivity contribution in [3.05, 3.63) is 12.7 Å². The largest absolute Gasteiger partial charge is 0.378 e. The molecule has 1 amide bonds. The van der Waals surface area contributed by atoms with Gasteiger partial charge in [0.2, 0.25) is 5.91 Å². The van der Waals surface area contributed by atoms with Gasteiger partial charge in [0.15, 0.2) is 15.1 Å². The molecule has 0 radical (unpaired) electrons. The van der Waals surface area contributed by atoms with Crippen molar-refractivity contribution in [1.82, 2.24) is 4.98 Å². The highest BCUT2D eigenvalue weighted by Crippen LogP contribution is 2.16. The Hall–Kier alpha value is -0.693. The van der Waals surface area contributed by atoms with Gasteiger partial charge in [0.05, 0.1) is 0 Å². The number of nitrogens with one attached hydrogen (secondary N) is 1. The molecule has 5 nitrogen and oxygen atoms in total. The number of rotatable bonds is 7. The van der Waals surface area contributed by atoms with Gasteiger partial charge in [0, 0.05) is 21.3 Å². The number of ether oxygens (including phenoxy) is 3. The summed E-state index contributed by atoms with van der Waals surface area (Å²) in [6, 6.07) is 0. The summed E-state index contributed by atoms with van der Waals surface area (Å²) in [7, 11) is 3.50. The van der Waals surface area contributed by atoms with E-state index in [4.69, 9.17) is 14.2 Å². The highest BCUT2D eigenvalue weighted by atomic mass is 28.2. The van der Waals surface area contributed by atoms with E-state index in [0.717, 1.165) is 0 Å². The van der Waals surface area contributed by atoms with Crippen molar-refractivity contribution in [3.8, 4) is 0 Å². The average molecular weight is 233 g/mol. The molecule has 0 aliphatic heterocycles. The number of carbonyl (C=O) groups excluding carboxylic acids is 1. The van der Waals surface area contributed by atoms with Crippen molar-refractivity contribution in [2.45, 2.75) is 18.4 Å². The van der Waals surface area contributed by atoms with Crippen molar-refractivity contribution in [2.24, 2.45) is 0 Å². The van der Waals surface area contributed by atoms with Crippen LogP contribution in [0.5, 0.6) is 0 Å². The van der Waals surface area contributed by atoms with Crippen LogP contribution in [0.2, 0.25) is 0 Å². The fraction of sp³-hybridized carbons (Fsp3) is 0.667. The lowest BCUT2D eigenvalue weighted by Crippen LogP contribution is -2.56. The predicted molar refractivity (Wildman–Crippen MR) is 60.1 cm³/mol. The molecule has 1 atom stereocenters. The summed E-state index contributed by atoms with van der Waals surface area (Å²) in [6.45, 7) is 5.21. The molecule has 0 saturated heterocycles. The molecular weight excluding hydrogens is 214 g/mol. The summed E-state index contributed by atoms with van der Waals surface area (Å²) in [5, 5.41) is 0. The van der Waals surface area contributed by atoms with Gasteiger partial charge in [-0.25, -0.2) is 0 Å². The molecule has 0 aromatic heterocycles. The highest BCUT2D eigenvalue weighted by molar-refractivity contribution is 6.41. The second-order valence-corrected chi connectivity index (χ2v) is 4.71. The van der Waals surface area contributed by atoms with Gasteiger partial charge in [-0.1, -0.05) is 6.58 Å². The molecular formula is C9H19NO4Si. The Morgan fingerprint density at radius 3 is 2.33 bits per heavy atom. The van der Waals surface area contributed by atoms with Crippen LogP contribution < -0.4 is 4.98 Å². The van der Waals surface area contributed by atoms with E-state index >= 15 is 0 Å². The molecule has 0 bridgehead atoms. The van der Waals surface area contributed by atoms with E-state index in [1.165, 1.54) is 20.3 Å². The SMILES string of the molecule is C=CC(=O)N[SiH2]C(OC)(OC)C(C)OC. The van der Waals surface area contributed by atoms with Crippen LogP contribution in [0.4, 0.5) is 0 Å². The molecule has 6 heteroatoms. The molecule has 0 aliphatic rings. The Morgan fingerprint density at radius 2 is 2.00 bits per heavy atom. The smallest absolute Gasteiger partial charge is 0.235 e. The molecule has 88 valence electrons. The van der Waals surface area contributed by atoms with Crippen LogP contribution in [0.1, 0.15) is 6.92 Å². The summed E-state index contributed by atoms with van der Waals surface area (Å²) < 4.78 is 15.8. The summed E-state index contributed by atoms with van der Waals surface area (Å²) in [4.78, 5) is 13.8. The minimum Gasteiger partial charge on any atom is -0.378 e. The van der Waals surface area contributed by atoms with Gasteiger partial charge >= 0.3 is 0 Å². The van der Waals surface area contributed by atoms with Crippen molar-refractivity contribution < 1.29 is 19.0 Å². The summed E-state index contributed by atoms with van der Waals surface area (Å²) in [5.74, 6) is -0.219. The summed E-state index contributed by atoms with van der Waals surface area (Å²) >= 11 is 0. The number of hydrogen-bond donors (Lipinski definition) is 1. The first kappa shape index (κ1) is 14.3. The zero-order valence-corrected chi connectivity index (χ0v) is 11.1. The second-order valence-electron chi connectivity index (χ2n) is 3.02. The predicted octanol–water partition coefficient (Wildman–Crippen LogP) is -0.646. The lowest BCUT2D eigenvalue weighted by Gasteiger charge is -2.35. The first-order valence-electron chi connectivity index (χ1n) is 4.59. The van der Waals surface area contributed by atoms with Crippen LogP contribution in [-0.4, -0.2) is 48.4 Å². The molecule has 1 N–H and O–H groups in total. The normalized spacial score (nSPS) is 14.1. The summed E-state index contributed by atoms with van der Waals surface area (Å²) in [6.07, 6.45) is 0.977. The third kappa shape index (κ3) is 3.75. The van der Waals surface area contributed by atoms with Crippen LogP contribution in [-0.2, 0) is 19.0 Å². The number of methoxy groups -OCH3 is 3. The van der Waals surface area contributed by atoms with Gasteiger partial charge in [-0.2, -0.15) is 0 Å². The molecule has 0 fully saturated rings. The first-order valence-corrected chi connectivity index (χ1v) is 6.01. The zero-order chi connectivity index (χ0) is 11.9. The van der Waals surface area contributed by atoms with E-state index in [1.807, 2.05) is 6.92 Å². The van der Waals surface area contributed by atoms with E-state index in [2.05, 4.69) is 11.6 Å². The fourth-order valence-electron chi connectivity index (χ4n) is 1.17. The topological polar surface area (TPSA) is 56.8 Å². The maximum atomic E-state index is 11.1. The maximum absolute atomic E-state index is 11.1. The molecule has 0 spiro atoms. The van der Waals surface area contributed by atoms with E-state index < -0.39 is 15.1 Å². The number of amides is 1. The average Bonchev–Trinajstić information content (AvgIpc) is 2.29. The van der Waals surface area contributed by atoms with Crippen molar-refractivity contribution in [3.63, 3.8) is 0 Å². The molecule has 15 heavy (non-hydrogen) atoms. The minimum absolute atomic E-state index is 0.219. The standard InChI is InChI=1S/C9H19NO4Si/c1-6-8(11)10-15-9(13-4,14-5)7(2)12-3/h6-7H,1,15H2,2-5H3,(H,10,11). The number of hydrogen-bond acceptors (Lipinski definition) is 4. The molecule has 0 aliphatic carbocycles. The van der Waals surface area contributed by atoms with Crippen molar-refractivity contribution >= 4 is 15.6 Å².